The van der Waals surface area contributed by atoms with Crippen molar-refractivity contribution >= 4 is 0 Å². The van der Waals surface area contributed by atoms with Crippen molar-refractivity contribution in [3.05, 3.63) is 0 Å². The Morgan fingerprint density at radius 3 is 2.30 bits per heavy atom. The minimum atomic E-state index is -2.08. The normalized spacial score (nSPS) is 49.5. The molecule has 3 aliphatic heterocycles. The minimum Gasteiger partial charge on any atom is -0.393 e. The third-order valence-electron chi connectivity index (χ3n) is 3.90. The highest BCUT2D eigenvalue weighted by molar-refractivity contribution is 5.08. The highest BCUT2D eigenvalue weighted by Crippen LogP contribution is 2.47. The first-order valence-electron chi connectivity index (χ1n) is 6.79. The predicted octanol–water partition coefficient (Wildman–Crippen LogP) is 0.715. The van der Waals surface area contributed by atoms with E-state index in [1.54, 1.807) is 27.7 Å². The van der Waals surface area contributed by atoms with Crippen LogP contribution < -0.4 is 0 Å². The average Bonchev–Trinajstić information content (AvgIpc) is 2.91. The van der Waals surface area contributed by atoms with E-state index >= 15 is 4.39 Å². The second-order valence-corrected chi connectivity index (χ2v) is 6.43. The Kier molecular flexibility index (Phi) is 3.18. The third-order valence-corrected chi connectivity index (χ3v) is 3.90. The largest absolute Gasteiger partial charge is 0.393 e. The first-order valence-corrected chi connectivity index (χ1v) is 6.79. The van der Waals surface area contributed by atoms with E-state index in [0.29, 0.717) is 0 Å². The summed E-state index contributed by atoms with van der Waals surface area (Å²) in [7, 11) is 0. The number of hydrogen-bond acceptors (Lipinski definition) is 6. The fourth-order valence-corrected chi connectivity index (χ4v) is 3.01. The van der Waals surface area contributed by atoms with Gasteiger partial charge in [-0.15, -0.1) is 0 Å². The number of aliphatic hydroxyl groups excluding tert-OH is 1. The fraction of sp³-hybridized carbons (Fsp3) is 1.00. The SMILES string of the molecule is CC1(C)OC[C@H]([C@H]2O[C@@H]3OC(C)(C)O[C@@H]3[C@]2(F)CO)O1. The zero-order valence-electron chi connectivity index (χ0n) is 12.1. The van der Waals surface area contributed by atoms with Crippen molar-refractivity contribution in [3.63, 3.8) is 0 Å². The molecule has 0 aromatic rings. The molecule has 0 unspecified atom stereocenters. The summed E-state index contributed by atoms with van der Waals surface area (Å²) in [6.45, 7) is 6.33. The standard InChI is InChI=1S/C13H21FO6/c1-11(2)16-5-7(18-11)8-13(14,6-15)9-10(17-8)20-12(3,4)19-9/h7-10,15H,5-6H2,1-4H3/t7-,8-,9+,10-,13+/m1/s1. The maximum Gasteiger partial charge on any atom is 0.193 e. The molecule has 0 bridgehead atoms. The number of aliphatic hydroxyl groups is 1. The van der Waals surface area contributed by atoms with Crippen molar-refractivity contribution in [2.24, 2.45) is 0 Å². The van der Waals surface area contributed by atoms with Crippen LogP contribution in [0.15, 0.2) is 0 Å². The maximum absolute atomic E-state index is 15.2. The number of halogens is 1. The number of hydrogen-bond donors (Lipinski definition) is 1. The van der Waals surface area contributed by atoms with E-state index in [-0.39, 0.29) is 6.61 Å². The first-order chi connectivity index (χ1) is 9.17. The van der Waals surface area contributed by atoms with E-state index < -0.39 is 48.5 Å². The molecule has 5 atom stereocenters. The molecule has 0 saturated carbocycles. The van der Waals surface area contributed by atoms with Gasteiger partial charge >= 0.3 is 0 Å². The van der Waals surface area contributed by atoms with Gasteiger partial charge in [-0.05, 0) is 27.7 Å². The van der Waals surface area contributed by atoms with Crippen molar-refractivity contribution in [1.29, 1.82) is 0 Å². The summed E-state index contributed by atoms with van der Waals surface area (Å²) in [5.41, 5.74) is -2.08. The summed E-state index contributed by atoms with van der Waals surface area (Å²) >= 11 is 0. The molecule has 20 heavy (non-hydrogen) atoms. The molecule has 0 aliphatic carbocycles. The number of rotatable bonds is 2. The van der Waals surface area contributed by atoms with Crippen molar-refractivity contribution in [2.45, 2.75) is 69.5 Å². The average molecular weight is 292 g/mol. The molecular weight excluding hydrogens is 271 g/mol. The van der Waals surface area contributed by atoms with E-state index in [9.17, 15) is 5.11 Å². The molecule has 3 heterocycles. The lowest BCUT2D eigenvalue weighted by Crippen LogP contribution is -2.53. The molecule has 3 saturated heterocycles. The van der Waals surface area contributed by atoms with E-state index in [0.717, 1.165) is 0 Å². The highest BCUT2D eigenvalue weighted by atomic mass is 19.1. The molecule has 0 spiro atoms. The van der Waals surface area contributed by atoms with Crippen LogP contribution in [-0.4, -0.2) is 60.2 Å². The molecule has 6 nitrogen and oxygen atoms in total. The molecule has 7 heteroatoms. The van der Waals surface area contributed by atoms with Gasteiger partial charge in [-0.3, -0.25) is 0 Å². The van der Waals surface area contributed by atoms with Crippen LogP contribution in [0.2, 0.25) is 0 Å². The Morgan fingerprint density at radius 2 is 1.75 bits per heavy atom. The Balaban J connectivity index is 1.81. The van der Waals surface area contributed by atoms with E-state index in [1.807, 2.05) is 0 Å². The minimum absolute atomic E-state index is 0.201. The molecule has 3 rings (SSSR count). The van der Waals surface area contributed by atoms with Crippen LogP contribution in [0.1, 0.15) is 27.7 Å². The molecule has 3 aliphatic rings. The summed E-state index contributed by atoms with van der Waals surface area (Å²) in [4.78, 5) is 0. The Labute approximate surface area is 117 Å². The summed E-state index contributed by atoms with van der Waals surface area (Å²) < 4.78 is 42.9. The summed E-state index contributed by atoms with van der Waals surface area (Å²) in [5.74, 6) is -1.72. The van der Waals surface area contributed by atoms with Gasteiger partial charge in [0.15, 0.2) is 29.6 Å². The summed E-state index contributed by atoms with van der Waals surface area (Å²) in [6.07, 6.45) is -3.41. The molecule has 1 N–H and O–H groups in total. The molecule has 0 radical (unpaired) electrons. The number of ether oxygens (including phenoxy) is 5. The molecule has 116 valence electrons. The lowest BCUT2D eigenvalue weighted by Gasteiger charge is -2.32. The zero-order valence-corrected chi connectivity index (χ0v) is 12.1. The molecular formula is C13H21FO6. The Morgan fingerprint density at radius 1 is 1.05 bits per heavy atom. The lowest BCUT2D eigenvalue weighted by molar-refractivity contribution is -0.241. The van der Waals surface area contributed by atoms with Crippen LogP contribution in [0, 0.1) is 0 Å². The highest BCUT2D eigenvalue weighted by Gasteiger charge is 2.67. The Bertz CT molecular complexity index is 400. The fourth-order valence-electron chi connectivity index (χ4n) is 3.01. The van der Waals surface area contributed by atoms with Crippen LogP contribution >= 0.6 is 0 Å². The first kappa shape index (κ1) is 14.6. The van der Waals surface area contributed by atoms with Gasteiger partial charge in [0.05, 0.1) is 13.2 Å². The van der Waals surface area contributed by atoms with Crippen molar-refractivity contribution in [1.82, 2.24) is 0 Å². The summed E-state index contributed by atoms with van der Waals surface area (Å²) in [6, 6.07) is 0. The quantitative estimate of drug-likeness (QED) is 0.809. The van der Waals surface area contributed by atoms with Gasteiger partial charge in [0.1, 0.15) is 12.2 Å². The van der Waals surface area contributed by atoms with Gasteiger partial charge in [0, 0.05) is 0 Å². The monoisotopic (exact) mass is 292 g/mol. The van der Waals surface area contributed by atoms with E-state index in [4.69, 9.17) is 23.7 Å². The van der Waals surface area contributed by atoms with Gasteiger partial charge in [-0.2, -0.15) is 0 Å². The van der Waals surface area contributed by atoms with Crippen LogP contribution in [-0.2, 0) is 23.7 Å². The van der Waals surface area contributed by atoms with E-state index in [2.05, 4.69) is 0 Å². The van der Waals surface area contributed by atoms with Crippen molar-refractivity contribution < 1.29 is 33.2 Å². The van der Waals surface area contributed by atoms with Crippen molar-refractivity contribution in [2.75, 3.05) is 13.2 Å². The van der Waals surface area contributed by atoms with E-state index in [1.165, 1.54) is 0 Å². The third kappa shape index (κ3) is 2.17. The topological polar surface area (TPSA) is 66.4 Å². The van der Waals surface area contributed by atoms with Crippen LogP contribution in [0.4, 0.5) is 4.39 Å². The number of alkyl halides is 1. The zero-order chi connectivity index (χ0) is 14.8. The van der Waals surface area contributed by atoms with Crippen LogP contribution in [0.25, 0.3) is 0 Å². The summed E-state index contributed by atoms with van der Waals surface area (Å²) in [5, 5.41) is 9.52. The van der Waals surface area contributed by atoms with Crippen LogP contribution in [0.3, 0.4) is 0 Å². The molecule has 3 fully saturated rings. The Hall–Kier alpha value is -0.310. The molecule has 0 aromatic heterocycles. The van der Waals surface area contributed by atoms with Gasteiger partial charge in [-0.1, -0.05) is 0 Å². The van der Waals surface area contributed by atoms with Gasteiger partial charge in [0.2, 0.25) is 0 Å². The van der Waals surface area contributed by atoms with Gasteiger partial charge < -0.3 is 28.8 Å². The van der Waals surface area contributed by atoms with Gasteiger partial charge in [0.25, 0.3) is 0 Å². The maximum atomic E-state index is 15.2. The van der Waals surface area contributed by atoms with Crippen LogP contribution in [0.5, 0.6) is 0 Å². The molecule has 0 aromatic carbocycles. The second kappa shape index (κ2) is 4.34. The molecule has 0 amide bonds. The lowest BCUT2D eigenvalue weighted by atomic mass is 9.92. The van der Waals surface area contributed by atoms with Gasteiger partial charge in [-0.25, -0.2) is 4.39 Å². The second-order valence-electron chi connectivity index (χ2n) is 6.43. The number of fused-ring (bicyclic) bond motifs is 1. The smallest absolute Gasteiger partial charge is 0.193 e. The van der Waals surface area contributed by atoms with Crippen molar-refractivity contribution in [3.8, 4) is 0 Å². The predicted molar refractivity (Wildman–Crippen MR) is 64.5 cm³/mol.